The van der Waals surface area contributed by atoms with Crippen molar-refractivity contribution in [2.24, 2.45) is 0 Å². The maximum absolute atomic E-state index is 11.9. The molecule has 0 aliphatic rings. The number of aryl methyl sites for hydroxylation is 1. The molecule has 2 aromatic rings. The first-order chi connectivity index (χ1) is 11.0. The first kappa shape index (κ1) is 17.0. The Labute approximate surface area is 136 Å². The predicted octanol–water partition coefficient (Wildman–Crippen LogP) is 1.05. The number of carbonyl (C=O) groups excluding carboxylic acids is 1. The van der Waals surface area contributed by atoms with E-state index in [9.17, 15) is 14.7 Å². The molecule has 1 aromatic carbocycles. The number of thioether (sulfide) groups is 1. The third-order valence-electron chi connectivity index (χ3n) is 3.08. The van der Waals surface area contributed by atoms with Crippen LogP contribution in [0.1, 0.15) is 11.3 Å². The van der Waals surface area contributed by atoms with Crippen molar-refractivity contribution in [3.05, 3.63) is 45.9 Å². The van der Waals surface area contributed by atoms with Crippen molar-refractivity contribution in [2.75, 3.05) is 17.7 Å². The summed E-state index contributed by atoms with van der Waals surface area (Å²) in [5.74, 6) is -0.298. The number of anilines is 1. The molecule has 0 saturated carbocycles. The molecule has 1 amide bonds. The monoisotopic (exact) mass is 335 g/mol. The van der Waals surface area contributed by atoms with Gasteiger partial charge in [-0.25, -0.2) is 4.98 Å². The molecule has 8 heteroatoms. The first-order valence-electron chi connectivity index (χ1n) is 6.92. The molecule has 4 N–H and O–H groups in total. The molecule has 23 heavy (non-hydrogen) atoms. The van der Waals surface area contributed by atoms with Gasteiger partial charge in [0, 0.05) is 24.3 Å². The van der Waals surface area contributed by atoms with E-state index < -0.39 is 0 Å². The zero-order chi connectivity index (χ0) is 16.8. The van der Waals surface area contributed by atoms with E-state index >= 15 is 0 Å². The molecular weight excluding hydrogens is 318 g/mol. The number of aromatic hydroxyl groups is 1. The van der Waals surface area contributed by atoms with Crippen molar-refractivity contribution < 1.29 is 15.0 Å². The minimum Gasteiger partial charge on any atom is -0.506 e. The van der Waals surface area contributed by atoms with Gasteiger partial charge in [-0.05, 0) is 19.1 Å². The number of carbonyl (C=O) groups is 1. The van der Waals surface area contributed by atoms with Crippen LogP contribution >= 0.6 is 11.8 Å². The number of phenolic OH excluding ortho intramolecular Hbond substituents is 1. The van der Waals surface area contributed by atoms with Crippen LogP contribution in [0.5, 0.6) is 5.75 Å². The Kier molecular flexibility index (Phi) is 5.78. The molecule has 122 valence electrons. The Morgan fingerprint density at radius 3 is 2.78 bits per heavy atom. The number of hydrogen-bond donors (Lipinski definition) is 4. The number of nitrogens with zero attached hydrogens (tertiary/aromatic N) is 1. The maximum atomic E-state index is 11.9. The molecule has 1 aromatic heterocycles. The number of aliphatic hydroxyl groups is 1. The quantitative estimate of drug-likeness (QED) is 0.356. The van der Waals surface area contributed by atoms with Crippen molar-refractivity contribution in [1.29, 1.82) is 0 Å². The smallest absolute Gasteiger partial charge is 0.255 e. The number of H-pyrrole nitrogens is 1. The van der Waals surface area contributed by atoms with Crippen LogP contribution in [0.2, 0.25) is 0 Å². The SMILES string of the molecule is Cc1nc(SCC(=O)Nc2ccccc2O)[nH]c(=O)c1CCO. The number of nitrogens with one attached hydrogen (secondary N) is 2. The first-order valence-corrected chi connectivity index (χ1v) is 7.91. The topological polar surface area (TPSA) is 115 Å². The van der Waals surface area contributed by atoms with Gasteiger partial charge in [0.1, 0.15) is 5.75 Å². The minimum absolute atomic E-state index is 0.0124. The minimum atomic E-state index is -0.323. The van der Waals surface area contributed by atoms with E-state index in [1.807, 2.05) is 0 Å². The molecule has 0 aliphatic carbocycles. The van der Waals surface area contributed by atoms with Crippen LogP contribution in [0.3, 0.4) is 0 Å². The molecule has 0 unspecified atom stereocenters. The number of aromatic nitrogens is 2. The number of rotatable bonds is 6. The Morgan fingerprint density at radius 2 is 2.13 bits per heavy atom. The van der Waals surface area contributed by atoms with E-state index in [1.54, 1.807) is 25.1 Å². The number of hydrogen-bond acceptors (Lipinski definition) is 6. The van der Waals surface area contributed by atoms with E-state index in [4.69, 9.17) is 5.11 Å². The lowest BCUT2D eigenvalue weighted by Gasteiger charge is -2.08. The summed E-state index contributed by atoms with van der Waals surface area (Å²) >= 11 is 1.09. The largest absolute Gasteiger partial charge is 0.506 e. The molecule has 0 spiro atoms. The average Bonchev–Trinajstić information content (AvgIpc) is 2.51. The van der Waals surface area contributed by atoms with Crippen molar-refractivity contribution >= 4 is 23.4 Å². The Morgan fingerprint density at radius 1 is 1.39 bits per heavy atom. The summed E-state index contributed by atoms with van der Waals surface area (Å²) in [6, 6.07) is 6.42. The predicted molar refractivity (Wildman–Crippen MR) is 87.8 cm³/mol. The Hall–Kier alpha value is -2.32. The van der Waals surface area contributed by atoms with Crippen molar-refractivity contribution in [2.45, 2.75) is 18.5 Å². The summed E-state index contributed by atoms with van der Waals surface area (Å²) in [6.45, 7) is 1.56. The highest BCUT2D eigenvalue weighted by Gasteiger charge is 2.11. The van der Waals surface area contributed by atoms with E-state index in [1.165, 1.54) is 6.07 Å². The number of aliphatic hydroxyl groups excluding tert-OH is 1. The van der Waals surface area contributed by atoms with Crippen molar-refractivity contribution in [3.63, 3.8) is 0 Å². The molecular formula is C15H17N3O4S. The fourth-order valence-corrected chi connectivity index (χ4v) is 2.67. The van der Waals surface area contributed by atoms with Gasteiger partial charge in [0.15, 0.2) is 5.16 Å². The molecule has 0 radical (unpaired) electrons. The molecule has 0 fully saturated rings. The van der Waals surface area contributed by atoms with Crippen LogP contribution in [0.15, 0.2) is 34.2 Å². The molecule has 0 bridgehead atoms. The zero-order valence-electron chi connectivity index (χ0n) is 12.5. The van der Waals surface area contributed by atoms with Gasteiger partial charge in [0.05, 0.1) is 11.4 Å². The maximum Gasteiger partial charge on any atom is 0.255 e. The highest BCUT2D eigenvalue weighted by molar-refractivity contribution is 7.99. The summed E-state index contributed by atoms with van der Waals surface area (Å²) in [6.07, 6.45) is 0.243. The van der Waals surface area contributed by atoms with Gasteiger partial charge in [-0.2, -0.15) is 0 Å². The second-order valence-corrected chi connectivity index (χ2v) is 5.73. The number of para-hydroxylation sites is 2. The lowest BCUT2D eigenvalue weighted by Crippen LogP contribution is -2.19. The van der Waals surface area contributed by atoms with Gasteiger partial charge in [0.2, 0.25) is 5.91 Å². The summed E-state index contributed by atoms with van der Waals surface area (Å²) in [4.78, 5) is 30.6. The highest BCUT2D eigenvalue weighted by Crippen LogP contribution is 2.22. The normalized spacial score (nSPS) is 10.5. The Bertz CT molecular complexity index is 761. The van der Waals surface area contributed by atoms with Crippen LogP contribution in [-0.4, -0.2) is 38.4 Å². The molecule has 7 nitrogen and oxygen atoms in total. The average molecular weight is 335 g/mol. The lowest BCUT2D eigenvalue weighted by molar-refractivity contribution is -0.113. The fourth-order valence-electron chi connectivity index (χ4n) is 1.96. The van der Waals surface area contributed by atoms with Gasteiger partial charge in [-0.15, -0.1) is 0 Å². The third kappa shape index (κ3) is 4.57. The van der Waals surface area contributed by atoms with Crippen LogP contribution in [-0.2, 0) is 11.2 Å². The van der Waals surface area contributed by atoms with Gasteiger partial charge < -0.3 is 20.5 Å². The Balaban J connectivity index is 1.99. The molecule has 0 aliphatic heterocycles. The summed E-state index contributed by atoms with van der Waals surface area (Å²) in [7, 11) is 0. The molecule has 0 saturated heterocycles. The number of phenols is 1. The summed E-state index contributed by atoms with van der Waals surface area (Å²) < 4.78 is 0. The van der Waals surface area contributed by atoms with E-state index in [2.05, 4.69) is 15.3 Å². The molecule has 0 atom stereocenters. The summed E-state index contributed by atoms with van der Waals surface area (Å²) in [5, 5.41) is 21.4. The van der Waals surface area contributed by atoms with E-state index in [0.717, 1.165) is 11.8 Å². The van der Waals surface area contributed by atoms with Crippen LogP contribution in [0.4, 0.5) is 5.69 Å². The van der Waals surface area contributed by atoms with Gasteiger partial charge in [0.25, 0.3) is 5.56 Å². The lowest BCUT2D eigenvalue weighted by atomic mass is 10.2. The van der Waals surface area contributed by atoms with Crippen LogP contribution in [0.25, 0.3) is 0 Å². The second-order valence-electron chi connectivity index (χ2n) is 4.76. The van der Waals surface area contributed by atoms with Crippen LogP contribution in [0, 0.1) is 6.92 Å². The molecule has 2 rings (SSSR count). The number of aromatic amines is 1. The number of benzene rings is 1. The second kappa shape index (κ2) is 7.80. The summed E-state index contributed by atoms with van der Waals surface area (Å²) in [5.41, 5.74) is 0.992. The van der Waals surface area contributed by atoms with E-state index in [0.29, 0.717) is 22.1 Å². The van der Waals surface area contributed by atoms with Gasteiger partial charge in [-0.3, -0.25) is 9.59 Å². The van der Waals surface area contributed by atoms with E-state index in [-0.39, 0.29) is 36.0 Å². The molecule has 1 heterocycles. The highest BCUT2D eigenvalue weighted by atomic mass is 32.2. The zero-order valence-corrected chi connectivity index (χ0v) is 13.3. The van der Waals surface area contributed by atoms with Crippen LogP contribution < -0.4 is 10.9 Å². The standard InChI is InChI=1S/C15H17N3O4S/c1-9-10(6-7-19)14(22)18-15(16-9)23-8-13(21)17-11-4-2-3-5-12(11)20/h2-5,19-20H,6-8H2,1H3,(H,17,21)(H,16,18,22). The number of amides is 1. The fraction of sp³-hybridized carbons (Fsp3) is 0.267. The van der Waals surface area contributed by atoms with Gasteiger partial charge in [-0.1, -0.05) is 23.9 Å². The third-order valence-corrected chi connectivity index (χ3v) is 3.95. The van der Waals surface area contributed by atoms with Crippen molar-refractivity contribution in [1.82, 2.24) is 9.97 Å². The van der Waals surface area contributed by atoms with Gasteiger partial charge >= 0.3 is 0 Å². The van der Waals surface area contributed by atoms with Crippen molar-refractivity contribution in [3.8, 4) is 5.75 Å².